The van der Waals surface area contributed by atoms with Crippen molar-refractivity contribution < 1.29 is 14.3 Å². The highest BCUT2D eigenvalue weighted by atomic mass is 16.5. The lowest BCUT2D eigenvalue weighted by Gasteiger charge is -2.31. The first kappa shape index (κ1) is 23.7. The molecule has 34 heavy (non-hydrogen) atoms. The molecule has 6 heteroatoms. The van der Waals surface area contributed by atoms with Crippen LogP contribution < -0.4 is 0 Å². The van der Waals surface area contributed by atoms with E-state index < -0.39 is 0 Å². The van der Waals surface area contributed by atoms with Gasteiger partial charge in [-0.2, -0.15) is 5.10 Å². The standard InChI is InChI=1S/C28H33N3O3/c1-6-34-28(33)23-8-7-13-30(17-23)27(32)26-16-24(22-12-11-19(3)21(5)15-22)29-31(26)25-14-18(2)9-10-20(25)4/h9-12,14-16,23H,6-8,13,17H2,1-5H3. The van der Waals surface area contributed by atoms with Crippen LogP contribution in [0.4, 0.5) is 0 Å². The molecule has 3 aromatic rings. The van der Waals surface area contributed by atoms with Crippen LogP contribution in [0.1, 0.15) is 52.5 Å². The topological polar surface area (TPSA) is 64.4 Å². The number of hydrogen-bond acceptors (Lipinski definition) is 4. The van der Waals surface area contributed by atoms with E-state index in [1.54, 1.807) is 16.5 Å². The Morgan fingerprint density at radius 1 is 1.00 bits per heavy atom. The fourth-order valence-corrected chi connectivity index (χ4v) is 4.48. The summed E-state index contributed by atoms with van der Waals surface area (Å²) in [7, 11) is 0. The molecule has 0 radical (unpaired) electrons. The highest BCUT2D eigenvalue weighted by molar-refractivity contribution is 5.95. The van der Waals surface area contributed by atoms with Crippen LogP contribution >= 0.6 is 0 Å². The highest BCUT2D eigenvalue weighted by Crippen LogP contribution is 2.28. The summed E-state index contributed by atoms with van der Waals surface area (Å²) in [6.45, 7) is 11.4. The molecule has 0 aliphatic carbocycles. The Morgan fingerprint density at radius 2 is 1.76 bits per heavy atom. The van der Waals surface area contributed by atoms with Gasteiger partial charge in [-0.1, -0.05) is 24.3 Å². The molecule has 1 amide bonds. The third-order valence-corrected chi connectivity index (χ3v) is 6.65. The van der Waals surface area contributed by atoms with E-state index in [0.29, 0.717) is 25.4 Å². The number of aryl methyl sites for hydroxylation is 4. The number of rotatable bonds is 5. The molecule has 1 aromatic heterocycles. The van der Waals surface area contributed by atoms with Gasteiger partial charge in [-0.3, -0.25) is 9.59 Å². The zero-order valence-corrected chi connectivity index (χ0v) is 20.7. The molecule has 0 spiro atoms. The van der Waals surface area contributed by atoms with Crippen molar-refractivity contribution in [1.29, 1.82) is 0 Å². The second-order valence-corrected chi connectivity index (χ2v) is 9.26. The fraction of sp³-hybridized carbons (Fsp3) is 0.393. The molecule has 1 unspecified atom stereocenters. The number of ether oxygens (including phenoxy) is 1. The number of likely N-dealkylation sites (tertiary alicyclic amines) is 1. The van der Waals surface area contributed by atoms with E-state index in [4.69, 9.17) is 9.84 Å². The first-order chi connectivity index (χ1) is 16.3. The summed E-state index contributed by atoms with van der Waals surface area (Å²) in [4.78, 5) is 27.9. The molecule has 2 heterocycles. The van der Waals surface area contributed by atoms with Crippen molar-refractivity contribution in [3.8, 4) is 16.9 Å². The largest absolute Gasteiger partial charge is 0.466 e. The lowest BCUT2D eigenvalue weighted by atomic mass is 9.98. The molecule has 2 aromatic carbocycles. The van der Waals surface area contributed by atoms with Crippen molar-refractivity contribution >= 4 is 11.9 Å². The average Bonchev–Trinajstić information content (AvgIpc) is 3.27. The lowest BCUT2D eigenvalue weighted by molar-refractivity contribution is -0.149. The monoisotopic (exact) mass is 459 g/mol. The minimum Gasteiger partial charge on any atom is -0.466 e. The maximum atomic E-state index is 13.8. The number of hydrogen-bond donors (Lipinski definition) is 0. The van der Waals surface area contributed by atoms with Gasteiger partial charge in [0.05, 0.1) is 23.9 Å². The maximum Gasteiger partial charge on any atom is 0.310 e. The van der Waals surface area contributed by atoms with E-state index in [0.717, 1.165) is 40.9 Å². The Kier molecular flexibility index (Phi) is 6.87. The van der Waals surface area contributed by atoms with Gasteiger partial charge in [-0.05, 0) is 87.9 Å². The third kappa shape index (κ3) is 4.76. The molecule has 1 aliphatic rings. The van der Waals surface area contributed by atoms with Crippen LogP contribution in [-0.4, -0.2) is 46.3 Å². The Hall–Kier alpha value is -3.41. The van der Waals surface area contributed by atoms with Crippen LogP contribution in [0.5, 0.6) is 0 Å². The SMILES string of the molecule is CCOC(=O)C1CCCN(C(=O)c2cc(-c3ccc(C)c(C)c3)nn2-c2cc(C)ccc2C)C1. The summed E-state index contributed by atoms with van der Waals surface area (Å²) >= 11 is 0. The lowest BCUT2D eigenvalue weighted by Crippen LogP contribution is -2.43. The van der Waals surface area contributed by atoms with Gasteiger partial charge in [-0.15, -0.1) is 0 Å². The zero-order valence-electron chi connectivity index (χ0n) is 20.7. The van der Waals surface area contributed by atoms with Gasteiger partial charge in [0, 0.05) is 18.7 Å². The number of carbonyl (C=O) groups is 2. The van der Waals surface area contributed by atoms with Crippen LogP contribution in [0.15, 0.2) is 42.5 Å². The Balaban J connectivity index is 1.76. The summed E-state index contributed by atoms with van der Waals surface area (Å²) in [5.41, 5.74) is 7.66. The van der Waals surface area contributed by atoms with E-state index in [2.05, 4.69) is 38.1 Å². The number of aromatic nitrogens is 2. The smallest absolute Gasteiger partial charge is 0.310 e. The predicted octanol–water partition coefficient (Wildman–Crippen LogP) is 5.19. The Morgan fingerprint density at radius 3 is 2.50 bits per heavy atom. The van der Waals surface area contributed by atoms with E-state index in [9.17, 15) is 9.59 Å². The quantitative estimate of drug-likeness (QED) is 0.493. The van der Waals surface area contributed by atoms with Crippen LogP contribution in [-0.2, 0) is 9.53 Å². The van der Waals surface area contributed by atoms with Gasteiger partial charge in [0.1, 0.15) is 5.69 Å². The normalized spacial score (nSPS) is 15.9. The number of piperidine rings is 1. The van der Waals surface area contributed by atoms with Gasteiger partial charge in [-0.25, -0.2) is 4.68 Å². The summed E-state index contributed by atoms with van der Waals surface area (Å²) in [5, 5.41) is 4.90. The predicted molar refractivity (Wildman–Crippen MR) is 133 cm³/mol. The van der Waals surface area contributed by atoms with Crippen molar-refractivity contribution in [3.05, 3.63) is 70.4 Å². The Labute approximate surface area is 201 Å². The summed E-state index contributed by atoms with van der Waals surface area (Å²) < 4.78 is 6.99. The van der Waals surface area contributed by atoms with E-state index in [1.165, 1.54) is 11.1 Å². The zero-order chi connectivity index (χ0) is 24.4. The molecular formula is C28H33N3O3. The number of nitrogens with zero attached hydrogens (tertiary/aromatic N) is 3. The minimum atomic E-state index is -0.283. The minimum absolute atomic E-state index is 0.113. The number of benzene rings is 2. The molecule has 0 saturated carbocycles. The highest BCUT2D eigenvalue weighted by Gasteiger charge is 2.32. The number of carbonyl (C=O) groups excluding carboxylic acids is 2. The molecule has 178 valence electrons. The summed E-state index contributed by atoms with van der Waals surface area (Å²) in [5.74, 6) is -0.620. The molecule has 0 N–H and O–H groups in total. The first-order valence-electron chi connectivity index (χ1n) is 12.0. The molecule has 1 atom stereocenters. The molecule has 0 bridgehead atoms. The van der Waals surface area contributed by atoms with Gasteiger partial charge in [0.15, 0.2) is 0 Å². The maximum absolute atomic E-state index is 13.8. The van der Waals surface area contributed by atoms with Gasteiger partial charge in [0.2, 0.25) is 0 Å². The van der Waals surface area contributed by atoms with Crippen LogP contribution in [0.25, 0.3) is 16.9 Å². The Bertz CT molecular complexity index is 1230. The van der Waals surface area contributed by atoms with Crippen LogP contribution in [0, 0.1) is 33.6 Å². The van der Waals surface area contributed by atoms with Crippen molar-refractivity contribution in [1.82, 2.24) is 14.7 Å². The average molecular weight is 460 g/mol. The fourth-order valence-electron chi connectivity index (χ4n) is 4.48. The van der Waals surface area contributed by atoms with Gasteiger partial charge >= 0.3 is 5.97 Å². The van der Waals surface area contributed by atoms with E-state index >= 15 is 0 Å². The first-order valence-corrected chi connectivity index (χ1v) is 12.0. The van der Waals surface area contributed by atoms with Crippen molar-refractivity contribution in [3.63, 3.8) is 0 Å². The molecule has 4 rings (SSSR count). The summed E-state index contributed by atoms with van der Waals surface area (Å²) in [6, 6.07) is 14.3. The molecular weight excluding hydrogens is 426 g/mol. The second-order valence-electron chi connectivity index (χ2n) is 9.26. The van der Waals surface area contributed by atoms with Crippen molar-refractivity contribution in [2.24, 2.45) is 5.92 Å². The molecule has 1 saturated heterocycles. The number of amides is 1. The van der Waals surface area contributed by atoms with Crippen molar-refractivity contribution in [2.45, 2.75) is 47.5 Å². The van der Waals surface area contributed by atoms with E-state index in [1.807, 2.05) is 32.0 Å². The van der Waals surface area contributed by atoms with Crippen LogP contribution in [0.2, 0.25) is 0 Å². The van der Waals surface area contributed by atoms with Gasteiger partial charge < -0.3 is 9.64 Å². The molecule has 6 nitrogen and oxygen atoms in total. The van der Waals surface area contributed by atoms with E-state index in [-0.39, 0.29) is 17.8 Å². The number of esters is 1. The van der Waals surface area contributed by atoms with Crippen molar-refractivity contribution in [2.75, 3.05) is 19.7 Å². The van der Waals surface area contributed by atoms with Crippen LogP contribution in [0.3, 0.4) is 0 Å². The van der Waals surface area contributed by atoms with Gasteiger partial charge in [0.25, 0.3) is 5.91 Å². The molecule has 1 fully saturated rings. The summed E-state index contributed by atoms with van der Waals surface area (Å²) in [6.07, 6.45) is 1.52. The third-order valence-electron chi connectivity index (χ3n) is 6.65. The molecule has 1 aliphatic heterocycles. The second kappa shape index (κ2) is 9.84.